The smallest absolute Gasteiger partial charge is 0.264 e. The second-order valence-electron chi connectivity index (χ2n) is 6.46. The number of rotatable bonds is 5. The van der Waals surface area contributed by atoms with Crippen LogP contribution in [0.15, 0.2) is 77.7 Å². The first-order valence-electron chi connectivity index (χ1n) is 8.86. The minimum absolute atomic E-state index is 0.133. The van der Waals surface area contributed by atoms with Crippen molar-refractivity contribution >= 4 is 49.7 Å². The monoisotopic (exact) mass is 404 g/mol. The van der Waals surface area contributed by atoms with Crippen molar-refractivity contribution < 1.29 is 8.42 Å². The van der Waals surface area contributed by atoms with Crippen LogP contribution < -0.4 is 10.0 Å². The highest BCUT2D eigenvalue weighted by Crippen LogP contribution is 2.22. The van der Waals surface area contributed by atoms with Gasteiger partial charge in [0.05, 0.1) is 27.0 Å². The molecule has 0 aliphatic rings. The summed E-state index contributed by atoms with van der Waals surface area (Å²) in [5.74, 6) is 0.762. The Hall–Kier alpha value is -3.85. The predicted octanol–water partition coefficient (Wildman–Crippen LogP) is 3.98. The zero-order valence-electron chi connectivity index (χ0n) is 15.0. The first-order valence-corrected chi connectivity index (χ1v) is 10.3. The molecule has 9 heteroatoms. The molecule has 0 radical (unpaired) electrons. The van der Waals surface area contributed by atoms with Crippen LogP contribution in [0.4, 0.5) is 17.6 Å². The van der Waals surface area contributed by atoms with Gasteiger partial charge in [-0.1, -0.05) is 24.3 Å². The topological polar surface area (TPSA) is 116 Å². The highest BCUT2D eigenvalue weighted by Gasteiger charge is 2.16. The summed E-state index contributed by atoms with van der Waals surface area (Å²) >= 11 is 0. The maximum absolute atomic E-state index is 12.7. The maximum Gasteiger partial charge on any atom is 0.264 e. The third-order valence-corrected chi connectivity index (χ3v) is 5.79. The molecule has 3 aromatic carbocycles. The molecule has 2 aromatic heterocycles. The van der Waals surface area contributed by atoms with Gasteiger partial charge in [-0.2, -0.15) is 0 Å². The number of hydrogen-bond donors (Lipinski definition) is 4. The normalized spacial score (nSPS) is 11.7. The summed E-state index contributed by atoms with van der Waals surface area (Å²) < 4.78 is 27.8. The Morgan fingerprint density at radius 1 is 0.690 bits per heavy atom. The summed E-state index contributed by atoms with van der Waals surface area (Å²) in [6, 6.07) is 21.4. The summed E-state index contributed by atoms with van der Waals surface area (Å²) in [7, 11) is -3.77. The van der Waals surface area contributed by atoms with E-state index in [9.17, 15) is 8.42 Å². The molecule has 0 aliphatic carbocycles. The number of para-hydroxylation sites is 4. The fourth-order valence-electron chi connectivity index (χ4n) is 3.05. The number of hydrogen-bond acceptors (Lipinski definition) is 5. The molecule has 0 spiro atoms. The number of imidazole rings is 2. The molecule has 0 bridgehead atoms. The molecule has 0 saturated heterocycles. The molecule has 5 rings (SSSR count). The van der Waals surface area contributed by atoms with Gasteiger partial charge in [0.2, 0.25) is 11.9 Å². The number of aromatic nitrogens is 4. The quantitative estimate of drug-likeness (QED) is 0.354. The van der Waals surface area contributed by atoms with Crippen molar-refractivity contribution in [2.75, 3.05) is 10.0 Å². The Kier molecular flexibility index (Phi) is 3.95. The lowest BCUT2D eigenvalue weighted by Gasteiger charge is -2.07. The van der Waals surface area contributed by atoms with Crippen LogP contribution in [0.5, 0.6) is 0 Å². The molecule has 0 saturated carbocycles. The van der Waals surface area contributed by atoms with Crippen LogP contribution in [-0.2, 0) is 10.0 Å². The van der Waals surface area contributed by atoms with Gasteiger partial charge in [-0.05, 0) is 48.5 Å². The standard InChI is InChI=1S/C20H16N6O2S/c27-29(28,26-20-24-17-7-3-4-8-18(17)25-20)14-11-9-13(10-12-14)21-19-22-15-5-1-2-6-16(15)23-19/h1-12H,(H2,21,22,23)(H2,24,25,26). The molecule has 0 atom stereocenters. The summed E-state index contributed by atoms with van der Waals surface area (Å²) in [5.41, 5.74) is 3.94. The van der Waals surface area contributed by atoms with Gasteiger partial charge in [0, 0.05) is 5.69 Å². The number of aromatic amines is 2. The average molecular weight is 404 g/mol. The van der Waals surface area contributed by atoms with E-state index in [0.29, 0.717) is 17.2 Å². The van der Waals surface area contributed by atoms with Gasteiger partial charge < -0.3 is 15.3 Å². The molecule has 0 aliphatic heterocycles. The van der Waals surface area contributed by atoms with Crippen LogP contribution in [0.1, 0.15) is 0 Å². The molecule has 0 unspecified atom stereocenters. The van der Waals surface area contributed by atoms with Crippen LogP contribution in [0, 0.1) is 0 Å². The largest absolute Gasteiger partial charge is 0.326 e. The summed E-state index contributed by atoms with van der Waals surface area (Å²) in [4.78, 5) is 14.9. The van der Waals surface area contributed by atoms with Gasteiger partial charge in [-0.3, -0.25) is 0 Å². The molecular weight excluding hydrogens is 388 g/mol. The number of fused-ring (bicyclic) bond motifs is 2. The van der Waals surface area contributed by atoms with Gasteiger partial charge in [0.1, 0.15) is 0 Å². The van der Waals surface area contributed by atoms with Crippen molar-refractivity contribution in [1.82, 2.24) is 19.9 Å². The minimum Gasteiger partial charge on any atom is -0.326 e. The first-order chi connectivity index (χ1) is 14.1. The van der Waals surface area contributed by atoms with Gasteiger partial charge in [0.25, 0.3) is 10.0 Å². The van der Waals surface area contributed by atoms with Gasteiger partial charge in [0.15, 0.2) is 0 Å². The van der Waals surface area contributed by atoms with Crippen LogP contribution in [0.25, 0.3) is 22.1 Å². The summed E-state index contributed by atoms with van der Waals surface area (Å²) in [6.45, 7) is 0. The van der Waals surface area contributed by atoms with E-state index in [1.807, 2.05) is 48.5 Å². The lowest BCUT2D eigenvalue weighted by molar-refractivity contribution is 0.601. The summed E-state index contributed by atoms with van der Waals surface area (Å²) in [5, 5.41) is 3.14. The molecule has 0 amide bonds. The Balaban J connectivity index is 1.35. The van der Waals surface area contributed by atoms with E-state index in [1.54, 1.807) is 12.1 Å². The Bertz CT molecular complexity index is 1350. The first kappa shape index (κ1) is 17.3. The SMILES string of the molecule is O=S(=O)(Nc1nc2ccccc2[nH]1)c1ccc(Nc2nc3ccccc3[nH]2)cc1. The van der Waals surface area contributed by atoms with Crippen molar-refractivity contribution in [3.8, 4) is 0 Å². The van der Waals surface area contributed by atoms with Crippen molar-refractivity contribution in [3.05, 3.63) is 72.8 Å². The third-order valence-electron chi connectivity index (χ3n) is 4.44. The van der Waals surface area contributed by atoms with E-state index in [-0.39, 0.29) is 10.8 Å². The van der Waals surface area contributed by atoms with E-state index < -0.39 is 10.0 Å². The fourth-order valence-corrected chi connectivity index (χ4v) is 4.02. The molecule has 5 aromatic rings. The minimum atomic E-state index is -3.77. The number of nitrogens with one attached hydrogen (secondary N) is 4. The van der Waals surface area contributed by atoms with Gasteiger partial charge >= 0.3 is 0 Å². The molecule has 8 nitrogen and oxygen atoms in total. The fraction of sp³-hybridized carbons (Fsp3) is 0. The van der Waals surface area contributed by atoms with Crippen LogP contribution in [-0.4, -0.2) is 28.4 Å². The number of anilines is 3. The van der Waals surface area contributed by atoms with E-state index in [2.05, 4.69) is 30.0 Å². The second-order valence-corrected chi connectivity index (χ2v) is 8.14. The number of nitrogens with zero attached hydrogens (tertiary/aromatic N) is 2. The number of benzene rings is 3. The lowest BCUT2D eigenvalue weighted by Crippen LogP contribution is -2.13. The third kappa shape index (κ3) is 3.39. The van der Waals surface area contributed by atoms with Crippen molar-refractivity contribution in [2.45, 2.75) is 4.90 Å². The number of sulfonamides is 1. The van der Waals surface area contributed by atoms with E-state index >= 15 is 0 Å². The lowest BCUT2D eigenvalue weighted by atomic mass is 10.3. The zero-order valence-corrected chi connectivity index (χ0v) is 15.9. The van der Waals surface area contributed by atoms with E-state index in [1.165, 1.54) is 12.1 Å². The molecule has 0 fully saturated rings. The molecule has 4 N–H and O–H groups in total. The predicted molar refractivity (Wildman–Crippen MR) is 113 cm³/mol. The summed E-state index contributed by atoms with van der Waals surface area (Å²) in [6.07, 6.45) is 0. The Morgan fingerprint density at radius 3 is 1.86 bits per heavy atom. The van der Waals surface area contributed by atoms with E-state index in [4.69, 9.17) is 0 Å². The zero-order chi connectivity index (χ0) is 19.8. The second kappa shape index (κ2) is 6.64. The Morgan fingerprint density at radius 2 is 1.24 bits per heavy atom. The van der Waals surface area contributed by atoms with Gasteiger partial charge in [-0.25, -0.2) is 23.1 Å². The van der Waals surface area contributed by atoms with Crippen LogP contribution in [0.3, 0.4) is 0 Å². The molecule has 29 heavy (non-hydrogen) atoms. The van der Waals surface area contributed by atoms with Crippen LogP contribution >= 0.6 is 0 Å². The van der Waals surface area contributed by atoms with Crippen molar-refractivity contribution in [2.24, 2.45) is 0 Å². The molecular formula is C20H16N6O2S. The average Bonchev–Trinajstić information content (AvgIpc) is 3.30. The van der Waals surface area contributed by atoms with Crippen LogP contribution in [0.2, 0.25) is 0 Å². The molecule has 2 heterocycles. The number of H-pyrrole nitrogens is 2. The van der Waals surface area contributed by atoms with Gasteiger partial charge in [-0.15, -0.1) is 0 Å². The maximum atomic E-state index is 12.7. The highest BCUT2D eigenvalue weighted by molar-refractivity contribution is 7.92. The van der Waals surface area contributed by atoms with Crippen molar-refractivity contribution in [3.63, 3.8) is 0 Å². The highest BCUT2D eigenvalue weighted by atomic mass is 32.2. The molecule has 144 valence electrons. The van der Waals surface area contributed by atoms with Crippen molar-refractivity contribution in [1.29, 1.82) is 0 Å². The van der Waals surface area contributed by atoms with E-state index in [0.717, 1.165) is 16.6 Å². The Labute approximate surface area is 166 Å².